The van der Waals surface area contributed by atoms with Gasteiger partial charge < -0.3 is 16.2 Å². The number of benzene rings is 1. The molecule has 1 unspecified atom stereocenters. The van der Waals surface area contributed by atoms with Gasteiger partial charge in [-0.05, 0) is 31.0 Å². The maximum Gasteiger partial charge on any atom is 0.305 e. The van der Waals surface area contributed by atoms with E-state index in [9.17, 15) is 9.59 Å². The number of carbonyl (C=O) groups is 2. The first kappa shape index (κ1) is 14.5. The number of amides is 1. The largest absolute Gasteiger partial charge is 0.481 e. The zero-order valence-electron chi connectivity index (χ0n) is 10.2. The Balaban J connectivity index is 2.85. The van der Waals surface area contributed by atoms with E-state index in [1.54, 1.807) is 13.0 Å². The van der Waals surface area contributed by atoms with Gasteiger partial charge in [-0.3, -0.25) is 9.59 Å². The minimum absolute atomic E-state index is 0.406. The summed E-state index contributed by atoms with van der Waals surface area (Å²) in [6.07, 6.45) is -0.422. The predicted octanol–water partition coefficient (Wildman–Crippen LogP) is 1.70. The van der Waals surface area contributed by atoms with Crippen molar-refractivity contribution in [3.8, 4) is 0 Å². The highest BCUT2D eigenvalue weighted by molar-refractivity contribution is 6.34. The summed E-state index contributed by atoms with van der Waals surface area (Å²) in [6, 6.07) is 2.48. The van der Waals surface area contributed by atoms with Crippen LogP contribution < -0.4 is 11.1 Å². The van der Waals surface area contributed by atoms with Gasteiger partial charge in [0.05, 0.1) is 23.2 Å². The number of carbonyl (C=O) groups excluding carboxylic acids is 1. The molecule has 0 aliphatic rings. The number of nitrogens with one attached hydrogen (secondary N) is 1. The van der Waals surface area contributed by atoms with Crippen LogP contribution in [0.3, 0.4) is 0 Å². The topological polar surface area (TPSA) is 92.4 Å². The highest BCUT2D eigenvalue weighted by Gasteiger charge is 2.18. The minimum atomic E-state index is -1.12. The number of aliphatic carboxylic acids is 1. The first-order chi connectivity index (χ1) is 8.31. The lowest BCUT2D eigenvalue weighted by molar-refractivity contribution is -0.138. The van der Waals surface area contributed by atoms with E-state index in [0.717, 1.165) is 11.1 Å². The second kappa shape index (κ2) is 5.84. The quantitative estimate of drug-likeness (QED) is 0.776. The maximum atomic E-state index is 11.7. The van der Waals surface area contributed by atoms with Gasteiger partial charge in [-0.25, -0.2) is 0 Å². The molecule has 1 amide bonds. The normalized spacial score (nSPS) is 12.0. The van der Waals surface area contributed by atoms with E-state index in [2.05, 4.69) is 5.32 Å². The third-order valence-electron chi connectivity index (χ3n) is 2.41. The highest BCUT2D eigenvalue weighted by atomic mass is 35.5. The Morgan fingerprint density at radius 1 is 1.44 bits per heavy atom. The summed E-state index contributed by atoms with van der Waals surface area (Å²) in [6.45, 7) is 3.69. The lowest BCUT2D eigenvalue weighted by Crippen LogP contribution is -2.37. The molecule has 0 aromatic heterocycles. The molecular formula is C12H15ClN2O3. The Kier molecular flexibility index (Phi) is 4.69. The third kappa shape index (κ3) is 3.72. The van der Waals surface area contributed by atoms with Crippen molar-refractivity contribution < 1.29 is 14.7 Å². The first-order valence-corrected chi connectivity index (χ1v) is 5.74. The number of rotatable bonds is 4. The van der Waals surface area contributed by atoms with Crippen LogP contribution in [-0.2, 0) is 9.59 Å². The van der Waals surface area contributed by atoms with Crippen LogP contribution >= 0.6 is 11.6 Å². The molecule has 1 rings (SSSR count). The molecule has 5 nitrogen and oxygen atoms in total. The van der Waals surface area contributed by atoms with Crippen molar-refractivity contribution in [2.45, 2.75) is 26.3 Å². The van der Waals surface area contributed by atoms with Crippen molar-refractivity contribution in [3.63, 3.8) is 0 Å². The van der Waals surface area contributed by atoms with E-state index in [1.165, 1.54) is 0 Å². The van der Waals surface area contributed by atoms with E-state index in [-0.39, 0.29) is 0 Å². The Bertz CT molecular complexity index is 465. The molecule has 1 aromatic carbocycles. The van der Waals surface area contributed by atoms with Crippen LogP contribution in [0.2, 0.25) is 5.02 Å². The summed E-state index contributed by atoms with van der Waals surface area (Å²) < 4.78 is 0. The van der Waals surface area contributed by atoms with Crippen LogP contribution in [0.4, 0.5) is 5.69 Å². The molecule has 0 fully saturated rings. The van der Waals surface area contributed by atoms with Gasteiger partial charge >= 0.3 is 5.97 Å². The molecule has 0 aliphatic heterocycles. The Morgan fingerprint density at radius 3 is 2.56 bits per heavy atom. The molecule has 0 aliphatic carbocycles. The molecule has 0 bridgehead atoms. The number of carboxylic acid groups (broad SMARTS) is 1. The smallest absolute Gasteiger partial charge is 0.305 e. The van der Waals surface area contributed by atoms with Gasteiger partial charge in [0, 0.05) is 0 Å². The fraction of sp³-hybridized carbons (Fsp3) is 0.333. The fourth-order valence-electron chi connectivity index (χ4n) is 1.57. The molecular weight excluding hydrogens is 256 g/mol. The van der Waals surface area contributed by atoms with Crippen molar-refractivity contribution in [3.05, 3.63) is 28.3 Å². The number of carboxylic acids is 1. The minimum Gasteiger partial charge on any atom is -0.481 e. The summed E-state index contributed by atoms with van der Waals surface area (Å²) in [4.78, 5) is 22.1. The Hall–Kier alpha value is -1.59. The summed E-state index contributed by atoms with van der Waals surface area (Å²) in [5.41, 5.74) is 7.70. The number of nitrogens with two attached hydrogens (primary N) is 1. The maximum absolute atomic E-state index is 11.7. The van der Waals surface area contributed by atoms with Gasteiger partial charge in [-0.2, -0.15) is 0 Å². The molecule has 0 saturated carbocycles. The summed E-state index contributed by atoms with van der Waals surface area (Å²) in [7, 11) is 0. The average molecular weight is 271 g/mol. The van der Waals surface area contributed by atoms with E-state index in [4.69, 9.17) is 22.4 Å². The molecule has 6 heteroatoms. The number of anilines is 1. The van der Waals surface area contributed by atoms with E-state index in [1.807, 2.05) is 13.0 Å². The predicted molar refractivity (Wildman–Crippen MR) is 69.8 cm³/mol. The van der Waals surface area contributed by atoms with E-state index < -0.39 is 24.3 Å². The van der Waals surface area contributed by atoms with E-state index in [0.29, 0.717) is 10.7 Å². The Morgan fingerprint density at radius 2 is 2.06 bits per heavy atom. The molecule has 18 heavy (non-hydrogen) atoms. The molecule has 0 saturated heterocycles. The zero-order chi connectivity index (χ0) is 13.9. The molecule has 98 valence electrons. The summed E-state index contributed by atoms with van der Waals surface area (Å²) >= 11 is 6.02. The van der Waals surface area contributed by atoms with Crippen LogP contribution in [-0.4, -0.2) is 23.0 Å². The standard InChI is InChI=1S/C12H15ClN2O3/c1-6-3-7(2)11(8(13)4-6)15-12(18)9(14)5-10(16)17/h3-4,9H,5,14H2,1-2H3,(H,15,18)(H,16,17). The van der Waals surface area contributed by atoms with Gasteiger partial charge in [0.15, 0.2) is 0 Å². The van der Waals surface area contributed by atoms with Crippen LogP contribution in [0.1, 0.15) is 17.5 Å². The summed E-state index contributed by atoms with van der Waals surface area (Å²) in [5.74, 6) is -1.68. The second-order valence-corrected chi connectivity index (χ2v) is 4.54. The average Bonchev–Trinajstić information content (AvgIpc) is 2.21. The van der Waals surface area contributed by atoms with Gasteiger partial charge in [0.25, 0.3) is 0 Å². The number of aryl methyl sites for hydroxylation is 2. The first-order valence-electron chi connectivity index (χ1n) is 5.36. The van der Waals surface area contributed by atoms with Crippen LogP contribution in [0.5, 0.6) is 0 Å². The lowest BCUT2D eigenvalue weighted by atomic mass is 10.1. The Labute approximate surface area is 110 Å². The summed E-state index contributed by atoms with van der Waals surface area (Å²) in [5, 5.41) is 11.5. The molecule has 0 spiro atoms. The zero-order valence-corrected chi connectivity index (χ0v) is 10.9. The SMILES string of the molecule is Cc1cc(C)c(NC(=O)C(N)CC(=O)O)c(Cl)c1. The monoisotopic (exact) mass is 270 g/mol. The molecule has 0 radical (unpaired) electrons. The molecule has 4 N–H and O–H groups in total. The number of hydrogen-bond acceptors (Lipinski definition) is 3. The van der Waals surface area contributed by atoms with Crippen LogP contribution in [0, 0.1) is 13.8 Å². The fourth-order valence-corrected chi connectivity index (χ4v) is 1.94. The van der Waals surface area contributed by atoms with Gasteiger partial charge in [-0.15, -0.1) is 0 Å². The van der Waals surface area contributed by atoms with Crippen molar-refractivity contribution >= 4 is 29.2 Å². The van der Waals surface area contributed by atoms with Crippen molar-refractivity contribution in [1.82, 2.24) is 0 Å². The van der Waals surface area contributed by atoms with Gasteiger partial charge in [-0.1, -0.05) is 17.7 Å². The molecule has 1 aromatic rings. The van der Waals surface area contributed by atoms with Crippen molar-refractivity contribution in [2.75, 3.05) is 5.32 Å². The van der Waals surface area contributed by atoms with Gasteiger partial charge in [0.2, 0.25) is 5.91 Å². The van der Waals surface area contributed by atoms with E-state index >= 15 is 0 Å². The molecule has 1 atom stereocenters. The molecule has 0 heterocycles. The number of halogens is 1. The lowest BCUT2D eigenvalue weighted by Gasteiger charge is -2.14. The van der Waals surface area contributed by atoms with Crippen molar-refractivity contribution in [1.29, 1.82) is 0 Å². The van der Waals surface area contributed by atoms with Crippen molar-refractivity contribution in [2.24, 2.45) is 5.73 Å². The second-order valence-electron chi connectivity index (χ2n) is 4.13. The van der Waals surface area contributed by atoms with Gasteiger partial charge in [0.1, 0.15) is 0 Å². The highest BCUT2D eigenvalue weighted by Crippen LogP contribution is 2.27. The number of hydrogen-bond donors (Lipinski definition) is 3. The third-order valence-corrected chi connectivity index (χ3v) is 2.71. The van der Waals surface area contributed by atoms with Crippen LogP contribution in [0.25, 0.3) is 0 Å². The van der Waals surface area contributed by atoms with Crippen LogP contribution in [0.15, 0.2) is 12.1 Å².